The third-order valence-electron chi connectivity index (χ3n) is 6.13. The number of hydrogen-bond donors (Lipinski definition) is 1. The number of carbonyl (C=O) groups excluding carboxylic acids is 1. The lowest BCUT2D eigenvalue weighted by Gasteiger charge is -2.26. The minimum absolute atomic E-state index is 0.0240. The molecule has 1 saturated carbocycles. The SMILES string of the molecule is O=C(Nc1cn2nc(Sc3nnc4ccc(-c5csc(N6CCOCC6)n5)cn34)ccc2n1)C1CC1. The summed E-state index contributed by atoms with van der Waals surface area (Å²) in [6.45, 7) is 3.19. The smallest absolute Gasteiger partial charge is 0.228 e. The molecule has 5 aromatic heterocycles. The average molecular weight is 520 g/mol. The maximum absolute atomic E-state index is 12.1. The zero-order valence-electron chi connectivity index (χ0n) is 19.1. The summed E-state index contributed by atoms with van der Waals surface area (Å²) in [4.78, 5) is 23.6. The number of rotatable bonds is 6. The van der Waals surface area contributed by atoms with E-state index in [9.17, 15) is 4.79 Å². The number of ether oxygens (including phenoxy) is 1. The van der Waals surface area contributed by atoms with E-state index in [0.717, 1.165) is 66.2 Å². The van der Waals surface area contributed by atoms with Crippen LogP contribution < -0.4 is 10.2 Å². The van der Waals surface area contributed by atoms with Crippen LogP contribution >= 0.6 is 23.1 Å². The molecule has 0 spiro atoms. The number of amides is 1. The van der Waals surface area contributed by atoms with E-state index in [0.29, 0.717) is 16.6 Å². The van der Waals surface area contributed by atoms with Crippen molar-refractivity contribution >= 4 is 51.2 Å². The van der Waals surface area contributed by atoms with E-state index in [2.05, 4.69) is 35.9 Å². The second kappa shape index (κ2) is 8.84. The lowest BCUT2D eigenvalue weighted by molar-refractivity contribution is -0.117. The number of nitrogens with one attached hydrogen (secondary N) is 1. The molecule has 2 aliphatic rings. The Kier molecular flexibility index (Phi) is 5.33. The van der Waals surface area contributed by atoms with Gasteiger partial charge in [-0.15, -0.1) is 21.5 Å². The monoisotopic (exact) mass is 519 g/mol. The van der Waals surface area contributed by atoms with Gasteiger partial charge in [-0.3, -0.25) is 9.20 Å². The summed E-state index contributed by atoms with van der Waals surface area (Å²) in [7, 11) is 0. The summed E-state index contributed by atoms with van der Waals surface area (Å²) < 4.78 is 9.08. The molecule has 5 aromatic rings. The lowest BCUT2D eigenvalue weighted by Crippen LogP contribution is -2.36. The number of hydrogen-bond acceptors (Lipinski definition) is 10. The Morgan fingerprint density at radius 1 is 1.06 bits per heavy atom. The molecule has 0 unspecified atom stereocenters. The van der Waals surface area contributed by atoms with Gasteiger partial charge >= 0.3 is 0 Å². The van der Waals surface area contributed by atoms with E-state index in [1.807, 2.05) is 34.9 Å². The van der Waals surface area contributed by atoms with Crippen LogP contribution in [0.1, 0.15) is 12.8 Å². The first-order valence-corrected chi connectivity index (χ1v) is 13.4. The van der Waals surface area contributed by atoms with E-state index in [1.54, 1.807) is 22.0 Å². The van der Waals surface area contributed by atoms with Gasteiger partial charge in [0.2, 0.25) is 11.1 Å². The van der Waals surface area contributed by atoms with Crippen LogP contribution in [0.2, 0.25) is 0 Å². The zero-order valence-corrected chi connectivity index (χ0v) is 20.7. The Labute approximate surface area is 213 Å². The summed E-state index contributed by atoms with van der Waals surface area (Å²) in [6.07, 6.45) is 5.64. The molecule has 0 bridgehead atoms. The lowest BCUT2D eigenvalue weighted by atomic mass is 10.2. The van der Waals surface area contributed by atoms with Crippen molar-refractivity contribution in [1.29, 1.82) is 0 Å². The molecule has 1 N–H and O–H groups in total. The number of fused-ring (bicyclic) bond motifs is 2. The number of pyridine rings is 1. The van der Waals surface area contributed by atoms with Crippen LogP contribution in [0.5, 0.6) is 0 Å². The number of anilines is 2. The van der Waals surface area contributed by atoms with Crippen molar-refractivity contribution in [2.45, 2.75) is 23.0 Å². The summed E-state index contributed by atoms with van der Waals surface area (Å²) in [5, 5.41) is 20.7. The first-order chi connectivity index (χ1) is 17.7. The predicted octanol–water partition coefficient (Wildman–Crippen LogP) is 3.23. The molecule has 1 amide bonds. The molecule has 6 heterocycles. The molecule has 11 nitrogen and oxygen atoms in total. The Hall–Kier alpha value is -3.55. The number of morpholine rings is 1. The van der Waals surface area contributed by atoms with Gasteiger partial charge in [-0.25, -0.2) is 14.5 Å². The number of nitrogens with zero attached hydrogens (tertiary/aromatic N) is 8. The Balaban J connectivity index is 1.13. The highest BCUT2D eigenvalue weighted by molar-refractivity contribution is 7.99. The van der Waals surface area contributed by atoms with Crippen LogP contribution in [0, 0.1) is 5.92 Å². The average Bonchev–Trinajstić information content (AvgIpc) is 3.31. The van der Waals surface area contributed by atoms with Gasteiger partial charge in [-0.05, 0) is 48.9 Å². The van der Waals surface area contributed by atoms with E-state index >= 15 is 0 Å². The fourth-order valence-corrected chi connectivity index (χ4v) is 5.70. The molecule has 1 saturated heterocycles. The first kappa shape index (κ1) is 21.7. The maximum atomic E-state index is 12.1. The molecule has 182 valence electrons. The van der Waals surface area contributed by atoms with Crippen LogP contribution in [0.4, 0.5) is 10.9 Å². The van der Waals surface area contributed by atoms with Crippen LogP contribution in [0.3, 0.4) is 0 Å². The van der Waals surface area contributed by atoms with Gasteiger partial charge in [0.1, 0.15) is 5.03 Å². The minimum atomic E-state index is 0.0240. The van der Waals surface area contributed by atoms with Crippen molar-refractivity contribution in [2.24, 2.45) is 5.92 Å². The molecule has 0 radical (unpaired) electrons. The van der Waals surface area contributed by atoms with Crippen LogP contribution in [-0.2, 0) is 9.53 Å². The van der Waals surface area contributed by atoms with Crippen molar-refractivity contribution in [2.75, 3.05) is 36.5 Å². The van der Waals surface area contributed by atoms with Crippen molar-refractivity contribution in [3.8, 4) is 11.3 Å². The molecule has 13 heteroatoms. The summed E-state index contributed by atoms with van der Waals surface area (Å²) in [5.74, 6) is 0.657. The van der Waals surface area contributed by atoms with E-state index < -0.39 is 0 Å². The Bertz CT molecular complexity index is 1580. The van der Waals surface area contributed by atoms with Gasteiger partial charge in [-0.2, -0.15) is 5.10 Å². The quantitative estimate of drug-likeness (QED) is 0.361. The maximum Gasteiger partial charge on any atom is 0.228 e. The number of thiazole rings is 1. The van der Waals surface area contributed by atoms with Gasteiger partial charge < -0.3 is 15.0 Å². The Morgan fingerprint density at radius 2 is 1.92 bits per heavy atom. The first-order valence-electron chi connectivity index (χ1n) is 11.7. The third-order valence-corrected chi connectivity index (χ3v) is 7.92. The van der Waals surface area contributed by atoms with Crippen molar-refractivity contribution in [3.63, 3.8) is 0 Å². The molecule has 36 heavy (non-hydrogen) atoms. The number of carbonyl (C=O) groups is 1. The standard InChI is InChI=1S/C23H21N9O2S2/c33-21(14-1-2-14)26-17-12-32-18(25-17)5-6-20(29-32)36-23-28-27-19-4-3-15(11-31(19)23)16-13-35-22(24-16)30-7-9-34-10-8-30/h3-6,11-14H,1-2,7-10H2,(H,26,33). The highest BCUT2D eigenvalue weighted by atomic mass is 32.2. The van der Waals surface area contributed by atoms with Crippen LogP contribution in [0.15, 0.2) is 52.2 Å². The third kappa shape index (κ3) is 4.18. The van der Waals surface area contributed by atoms with Gasteiger partial charge in [0, 0.05) is 36.1 Å². The van der Waals surface area contributed by atoms with Crippen molar-refractivity contribution in [3.05, 3.63) is 42.0 Å². The second-order valence-electron chi connectivity index (χ2n) is 8.71. The summed E-state index contributed by atoms with van der Waals surface area (Å²) in [6, 6.07) is 7.73. The number of aromatic nitrogens is 7. The summed E-state index contributed by atoms with van der Waals surface area (Å²) >= 11 is 3.06. The van der Waals surface area contributed by atoms with Gasteiger partial charge in [-0.1, -0.05) is 0 Å². The minimum Gasteiger partial charge on any atom is -0.378 e. The van der Waals surface area contributed by atoms with Crippen molar-refractivity contribution < 1.29 is 9.53 Å². The zero-order chi connectivity index (χ0) is 24.1. The molecule has 0 atom stereocenters. The van der Waals surface area contributed by atoms with Crippen LogP contribution in [-0.4, -0.2) is 66.4 Å². The molecule has 0 aromatic carbocycles. The molecule has 2 fully saturated rings. The van der Waals surface area contributed by atoms with Gasteiger partial charge in [0.25, 0.3) is 0 Å². The normalized spacial score (nSPS) is 16.2. The largest absolute Gasteiger partial charge is 0.378 e. The van der Waals surface area contributed by atoms with Gasteiger partial charge in [0.05, 0.1) is 25.1 Å². The molecule has 1 aliphatic heterocycles. The van der Waals surface area contributed by atoms with E-state index in [1.165, 1.54) is 11.8 Å². The molecular formula is C23H21N9O2S2. The van der Waals surface area contributed by atoms with Crippen LogP contribution in [0.25, 0.3) is 22.6 Å². The van der Waals surface area contributed by atoms with Gasteiger partial charge in [0.15, 0.2) is 22.2 Å². The highest BCUT2D eigenvalue weighted by Gasteiger charge is 2.30. The second-order valence-corrected chi connectivity index (χ2v) is 10.5. The van der Waals surface area contributed by atoms with E-state index in [4.69, 9.17) is 9.72 Å². The highest BCUT2D eigenvalue weighted by Crippen LogP contribution is 2.31. The molecule has 1 aliphatic carbocycles. The summed E-state index contributed by atoms with van der Waals surface area (Å²) in [5.41, 5.74) is 3.33. The topological polar surface area (TPSA) is 115 Å². The Morgan fingerprint density at radius 3 is 2.78 bits per heavy atom. The molecule has 7 rings (SSSR count). The van der Waals surface area contributed by atoms with E-state index in [-0.39, 0.29) is 11.8 Å². The van der Waals surface area contributed by atoms with Crippen molar-refractivity contribution in [1.82, 2.24) is 34.2 Å². The fourth-order valence-electron chi connectivity index (χ4n) is 4.03. The number of imidazole rings is 1. The predicted molar refractivity (Wildman–Crippen MR) is 136 cm³/mol. The fraction of sp³-hybridized carbons (Fsp3) is 0.304. The molecular weight excluding hydrogens is 498 g/mol.